The van der Waals surface area contributed by atoms with E-state index in [0.717, 1.165) is 22.9 Å². The van der Waals surface area contributed by atoms with E-state index in [1.807, 2.05) is 82.3 Å². The first-order valence-electron chi connectivity index (χ1n) is 13.7. The second-order valence-electron chi connectivity index (χ2n) is 11.4. The van der Waals surface area contributed by atoms with Crippen molar-refractivity contribution in [3.8, 4) is 0 Å². The highest BCUT2D eigenvalue weighted by molar-refractivity contribution is 7.92. The van der Waals surface area contributed by atoms with Gasteiger partial charge in [-0.2, -0.15) is 0 Å². The van der Waals surface area contributed by atoms with Crippen LogP contribution in [0.25, 0.3) is 0 Å². The van der Waals surface area contributed by atoms with E-state index >= 15 is 0 Å². The summed E-state index contributed by atoms with van der Waals surface area (Å²) < 4.78 is 26.4. The summed E-state index contributed by atoms with van der Waals surface area (Å²) in [6.07, 6.45) is 1.80. The Balaban J connectivity index is 1.90. The maximum Gasteiger partial charge on any atom is 0.243 e. The lowest BCUT2D eigenvalue weighted by molar-refractivity contribution is -0.142. The molecule has 0 aliphatic carbocycles. The molecule has 0 aliphatic heterocycles. The van der Waals surface area contributed by atoms with Crippen molar-refractivity contribution in [3.63, 3.8) is 0 Å². The molecule has 0 bridgehead atoms. The highest BCUT2D eigenvalue weighted by Gasteiger charge is 2.32. The Morgan fingerprint density at radius 1 is 0.927 bits per heavy atom. The number of nitrogens with zero attached hydrogens (tertiary/aromatic N) is 2. The molecule has 41 heavy (non-hydrogen) atoms. The summed E-state index contributed by atoms with van der Waals surface area (Å²) >= 11 is 6.11. The summed E-state index contributed by atoms with van der Waals surface area (Å²) in [7, 11) is -3.61. The second-order valence-corrected chi connectivity index (χ2v) is 13.7. The van der Waals surface area contributed by atoms with Crippen molar-refractivity contribution < 1.29 is 18.0 Å². The minimum Gasteiger partial charge on any atom is -0.350 e. The van der Waals surface area contributed by atoms with Gasteiger partial charge in [0.1, 0.15) is 6.04 Å². The van der Waals surface area contributed by atoms with Gasteiger partial charge in [-0.25, -0.2) is 8.42 Å². The first-order chi connectivity index (χ1) is 19.2. The molecule has 0 heterocycles. The fraction of sp³-hybridized carbons (Fsp3) is 0.375. The van der Waals surface area contributed by atoms with E-state index in [1.54, 1.807) is 29.2 Å². The lowest BCUT2D eigenvalue weighted by atomic mass is 10.00. The van der Waals surface area contributed by atoms with Crippen LogP contribution in [0.3, 0.4) is 0 Å². The van der Waals surface area contributed by atoms with Crippen LogP contribution in [0, 0.1) is 6.92 Å². The highest BCUT2D eigenvalue weighted by atomic mass is 35.5. The van der Waals surface area contributed by atoms with E-state index in [0.29, 0.717) is 17.1 Å². The number of carbonyl (C=O) groups is 2. The molecule has 0 saturated carbocycles. The molecular weight excluding hydrogens is 558 g/mol. The Morgan fingerprint density at radius 3 is 2.17 bits per heavy atom. The molecule has 0 spiro atoms. The van der Waals surface area contributed by atoms with Gasteiger partial charge in [-0.1, -0.05) is 77.8 Å². The fourth-order valence-corrected chi connectivity index (χ4v) is 5.67. The van der Waals surface area contributed by atoms with Gasteiger partial charge in [0, 0.05) is 36.5 Å². The Hall–Kier alpha value is -3.36. The summed E-state index contributed by atoms with van der Waals surface area (Å²) in [4.78, 5) is 29.2. The van der Waals surface area contributed by atoms with Gasteiger partial charge in [-0.05, 0) is 63.4 Å². The van der Waals surface area contributed by atoms with Gasteiger partial charge in [0.05, 0.1) is 11.9 Å². The van der Waals surface area contributed by atoms with Crippen molar-refractivity contribution in [2.24, 2.45) is 0 Å². The standard InChI is InChI=1S/C32H40ClN3O4S/c1-24-16-18-26(19-17-24)23-35(29(31(38)34-32(2,3)4)21-25-11-7-6-8-12-25)30(37)15-10-20-36(41(5,39)40)28-14-9-13-27(33)22-28/h6-9,11-14,16-19,22,29H,10,15,20-21,23H2,1-5H3,(H,34,38)/t29-/m1/s1. The third kappa shape index (κ3) is 10.2. The van der Waals surface area contributed by atoms with Crippen LogP contribution in [0.15, 0.2) is 78.9 Å². The van der Waals surface area contributed by atoms with Crippen LogP contribution in [0.1, 0.15) is 50.3 Å². The zero-order valence-electron chi connectivity index (χ0n) is 24.4. The van der Waals surface area contributed by atoms with E-state index in [9.17, 15) is 18.0 Å². The maximum absolute atomic E-state index is 13.9. The van der Waals surface area contributed by atoms with Crippen molar-refractivity contribution >= 4 is 39.1 Å². The van der Waals surface area contributed by atoms with Crippen molar-refractivity contribution in [2.45, 2.75) is 65.1 Å². The molecular formula is C32H40ClN3O4S. The van der Waals surface area contributed by atoms with Crippen LogP contribution in [0.2, 0.25) is 5.02 Å². The number of carbonyl (C=O) groups excluding carboxylic acids is 2. The van der Waals surface area contributed by atoms with Crippen molar-refractivity contribution in [1.29, 1.82) is 0 Å². The second kappa shape index (κ2) is 14.0. The Labute approximate surface area is 249 Å². The number of amides is 2. The van der Waals surface area contributed by atoms with Crippen molar-refractivity contribution in [3.05, 3.63) is 101 Å². The molecule has 3 rings (SSSR count). The number of sulfonamides is 1. The molecule has 0 aliphatic rings. The summed E-state index contributed by atoms with van der Waals surface area (Å²) in [6, 6.07) is 23.4. The molecule has 0 saturated heterocycles. The topological polar surface area (TPSA) is 86.8 Å². The zero-order valence-corrected chi connectivity index (χ0v) is 26.0. The quantitative estimate of drug-likeness (QED) is 0.288. The van der Waals surface area contributed by atoms with Crippen LogP contribution >= 0.6 is 11.6 Å². The Morgan fingerprint density at radius 2 is 1.59 bits per heavy atom. The average Bonchev–Trinajstić information content (AvgIpc) is 2.88. The van der Waals surface area contributed by atoms with E-state index < -0.39 is 21.6 Å². The molecule has 7 nitrogen and oxygen atoms in total. The minimum atomic E-state index is -3.61. The van der Waals surface area contributed by atoms with Crippen molar-refractivity contribution in [1.82, 2.24) is 10.2 Å². The van der Waals surface area contributed by atoms with Gasteiger partial charge in [0.25, 0.3) is 0 Å². The molecule has 1 N–H and O–H groups in total. The van der Waals surface area contributed by atoms with Crippen LogP contribution in [-0.4, -0.2) is 49.5 Å². The Bertz CT molecular complexity index is 1420. The largest absolute Gasteiger partial charge is 0.350 e. The number of aryl methyl sites for hydroxylation is 1. The predicted octanol–water partition coefficient (Wildman–Crippen LogP) is 5.75. The lowest BCUT2D eigenvalue weighted by Crippen LogP contribution is -2.54. The number of hydrogen-bond acceptors (Lipinski definition) is 4. The first-order valence-corrected chi connectivity index (χ1v) is 15.9. The van der Waals surface area contributed by atoms with Gasteiger partial charge in [0.15, 0.2) is 0 Å². The third-order valence-corrected chi connectivity index (χ3v) is 7.92. The molecule has 3 aromatic carbocycles. The van der Waals surface area contributed by atoms with Crippen molar-refractivity contribution in [2.75, 3.05) is 17.1 Å². The lowest BCUT2D eigenvalue weighted by Gasteiger charge is -2.34. The monoisotopic (exact) mass is 597 g/mol. The van der Waals surface area contributed by atoms with Gasteiger partial charge in [0.2, 0.25) is 21.8 Å². The number of hydrogen-bond donors (Lipinski definition) is 1. The van der Waals surface area contributed by atoms with E-state index in [2.05, 4.69) is 5.32 Å². The number of anilines is 1. The maximum atomic E-state index is 13.9. The molecule has 2 amide bonds. The average molecular weight is 598 g/mol. The molecule has 3 aromatic rings. The normalized spacial score (nSPS) is 12.4. The SMILES string of the molecule is Cc1ccc(CN(C(=O)CCCN(c2cccc(Cl)c2)S(C)(=O)=O)[C@H](Cc2ccccc2)C(=O)NC(C)(C)C)cc1. The summed E-state index contributed by atoms with van der Waals surface area (Å²) in [5, 5.41) is 3.48. The molecule has 9 heteroatoms. The Kier molecular flexibility index (Phi) is 11.0. The smallest absolute Gasteiger partial charge is 0.243 e. The molecule has 1 atom stereocenters. The number of rotatable bonds is 12. The van der Waals surface area contributed by atoms with Crippen LogP contribution in [0.5, 0.6) is 0 Å². The van der Waals surface area contributed by atoms with Gasteiger partial charge in [-0.15, -0.1) is 0 Å². The van der Waals surface area contributed by atoms with Gasteiger partial charge in [-0.3, -0.25) is 13.9 Å². The minimum absolute atomic E-state index is 0.0620. The van der Waals surface area contributed by atoms with Crippen LogP contribution < -0.4 is 9.62 Å². The number of benzene rings is 3. The first kappa shape index (κ1) is 32.2. The van der Waals surface area contributed by atoms with Gasteiger partial charge >= 0.3 is 0 Å². The van der Waals surface area contributed by atoms with E-state index in [1.165, 1.54) is 4.31 Å². The molecule has 0 aromatic heterocycles. The predicted molar refractivity (Wildman–Crippen MR) is 166 cm³/mol. The summed E-state index contributed by atoms with van der Waals surface area (Å²) in [5.41, 5.74) is 2.89. The molecule has 0 unspecified atom stereocenters. The zero-order chi connectivity index (χ0) is 30.2. The summed E-state index contributed by atoms with van der Waals surface area (Å²) in [5.74, 6) is -0.464. The highest BCUT2D eigenvalue weighted by Crippen LogP contribution is 2.23. The van der Waals surface area contributed by atoms with Gasteiger partial charge < -0.3 is 10.2 Å². The fourth-order valence-electron chi connectivity index (χ4n) is 4.53. The molecule has 220 valence electrons. The van der Waals surface area contributed by atoms with Crippen LogP contribution in [0.4, 0.5) is 5.69 Å². The number of nitrogens with one attached hydrogen (secondary N) is 1. The van der Waals surface area contributed by atoms with E-state index in [-0.39, 0.29) is 37.7 Å². The molecule has 0 radical (unpaired) electrons. The molecule has 0 fully saturated rings. The summed E-state index contributed by atoms with van der Waals surface area (Å²) in [6.45, 7) is 8.07. The van der Waals surface area contributed by atoms with E-state index in [4.69, 9.17) is 11.6 Å². The number of halogens is 1. The van der Waals surface area contributed by atoms with Crippen LogP contribution in [-0.2, 0) is 32.6 Å². The third-order valence-electron chi connectivity index (χ3n) is 6.49.